The van der Waals surface area contributed by atoms with Crippen LogP contribution in [0.15, 0.2) is 22.7 Å². The number of anilines is 1. The number of nitrogens with one attached hydrogen (secondary N) is 1. The summed E-state index contributed by atoms with van der Waals surface area (Å²) in [5, 5.41) is 11.5. The third-order valence-corrected chi connectivity index (χ3v) is 3.36. The van der Waals surface area contributed by atoms with Crippen molar-refractivity contribution in [1.29, 1.82) is 0 Å². The first-order valence-corrected chi connectivity index (χ1v) is 7.04. The van der Waals surface area contributed by atoms with Crippen LogP contribution in [0.5, 0.6) is 6.01 Å². The Morgan fingerprint density at radius 1 is 1.30 bits per heavy atom. The Kier molecular flexibility index (Phi) is 3.21. The van der Waals surface area contributed by atoms with Gasteiger partial charge < -0.3 is 10.1 Å². The van der Waals surface area contributed by atoms with Crippen molar-refractivity contribution in [3.63, 3.8) is 0 Å². The minimum absolute atomic E-state index is 0.252. The van der Waals surface area contributed by atoms with E-state index in [4.69, 9.17) is 4.74 Å². The predicted octanol–water partition coefficient (Wildman–Crippen LogP) is 2.87. The van der Waals surface area contributed by atoms with E-state index in [1.165, 1.54) is 0 Å². The van der Waals surface area contributed by atoms with Gasteiger partial charge in [-0.3, -0.25) is 0 Å². The van der Waals surface area contributed by atoms with E-state index in [0.717, 1.165) is 15.5 Å². The summed E-state index contributed by atoms with van der Waals surface area (Å²) in [5.41, 5.74) is 2.40. The van der Waals surface area contributed by atoms with Gasteiger partial charge in [0.05, 0.1) is 18.1 Å². The molecule has 1 N–H and O–H groups in total. The fourth-order valence-electron chi connectivity index (χ4n) is 2.08. The van der Waals surface area contributed by atoms with Gasteiger partial charge >= 0.3 is 6.01 Å². The summed E-state index contributed by atoms with van der Waals surface area (Å²) < 4.78 is 8.12. The molecular weight excluding hydrogens is 322 g/mol. The monoisotopic (exact) mass is 335 g/mol. The van der Waals surface area contributed by atoms with Gasteiger partial charge in [0, 0.05) is 10.5 Å². The lowest BCUT2D eigenvalue weighted by molar-refractivity contribution is 0.377. The van der Waals surface area contributed by atoms with Gasteiger partial charge in [-0.1, -0.05) is 21.0 Å². The zero-order valence-electron chi connectivity index (χ0n) is 11.4. The lowest BCUT2D eigenvalue weighted by atomic mass is 10.3. The smallest absolute Gasteiger partial charge is 0.321 e. The molecule has 7 heteroatoms. The predicted molar refractivity (Wildman–Crippen MR) is 81.3 cm³/mol. The minimum atomic E-state index is 0.252. The Balaban J connectivity index is 2.40. The van der Waals surface area contributed by atoms with Crippen LogP contribution in [0, 0.1) is 0 Å². The van der Waals surface area contributed by atoms with Crippen molar-refractivity contribution in [2.75, 3.05) is 12.4 Å². The number of aromatic nitrogens is 4. The molecule has 0 saturated heterocycles. The number of fused-ring (bicyclic) bond motifs is 3. The summed E-state index contributed by atoms with van der Waals surface area (Å²) in [5.74, 6) is 0.700. The average Bonchev–Trinajstić information content (AvgIpc) is 2.83. The normalized spacial score (nSPS) is 11.4. The number of rotatable bonds is 3. The van der Waals surface area contributed by atoms with Crippen LogP contribution in [0.25, 0.3) is 16.7 Å². The molecule has 0 saturated carbocycles. The second-order valence-electron chi connectivity index (χ2n) is 4.74. The van der Waals surface area contributed by atoms with Gasteiger partial charge in [0.2, 0.25) is 5.65 Å². The van der Waals surface area contributed by atoms with E-state index >= 15 is 0 Å². The molecule has 0 unspecified atom stereocenters. The highest BCUT2D eigenvalue weighted by Crippen LogP contribution is 2.26. The van der Waals surface area contributed by atoms with E-state index in [-0.39, 0.29) is 6.04 Å². The third kappa shape index (κ3) is 2.07. The van der Waals surface area contributed by atoms with Crippen molar-refractivity contribution >= 4 is 38.4 Å². The number of hydrogen-bond acceptors (Lipinski definition) is 5. The van der Waals surface area contributed by atoms with Crippen molar-refractivity contribution in [3.8, 4) is 6.01 Å². The minimum Gasteiger partial charge on any atom is -0.467 e. The van der Waals surface area contributed by atoms with Crippen LogP contribution in [0.3, 0.4) is 0 Å². The molecule has 0 atom stereocenters. The van der Waals surface area contributed by atoms with E-state index in [1.54, 1.807) is 7.11 Å². The van der Waals surface area contributed by atoms with Crippen LogP contribution in [0.2, 0.25) is 0 Å². The fourth-order valence-corrected chi connectivity index (χ4v) is 2.43. The zero-order chi connectivity index (χ0) is 14.3. The summed E-state index contributed by atoms with van der Waals surface area (Å²) in [6.07, 6.45) is 0. The lowest BCUT2D eigenvalue weighted by Gasteiger charge is -2.12. The maximum atomic E-state index is 5.29. The summed E-state index contributed by atoms with van der Waals surface area (Å²) in [4.78, 5) is 4.62. The number of benzene rings is 1. The molecule has 0 bridgehead atoms. The highest BCUT2D eigenvalue weighted by molar-refractivity contribution is 9.10. The maximum absolute atomic E-state index is 5.29. The van der Waals surface area contributed by atoms with Crippen LogP contribution in [-0.2, 0) is 0 Å². The molecule has 0 fully saturated rings. The number of methoxy groups -OCH3 is 1. The standard InChI is InChI=1S/C13H14BrN5O/c1-7(2)15-11-12-17-18-13(20-3)19(12)10-6-8(14)4-5-9(10)16-11/h4-7H,1-3H3,(H,15,16). The molecule has 0 amide bonds. The highest BCUT2D eigenvalue weighted by atomic mass is 79.9. The molecule has 1 aromatic carbocycles. The van der Waals surface area contributed by atoms with Gasteiger partial charge in [0.15, 0.2) is 5.82 Å². The molecule has 0 radical (unpaired) electrons. The Morgan fingerprint density at radius 3 is 2.80 bits per heavy atom. The summed E-state index contributed by atoms with van der Waals surface area (Å²) >= 11 is 3.47. The molecule has 0 aliphatic carbocycles. The largest absolute Gasteiger partial charge is 0.467 e. The molecule has 0 aliphatic rings. The molecule has 104 valence electrons. The third-order valence-electron chi connectivity index (χ3n) is 2.86. The molecule has 3 rings (SSSR count). The Morgan fingerprint density at radius 2 is 2.10 bits per heavy atom. The molecule has 0 spiro atoms. The average molecular weight is 336 g/mol. The lowest BCUT2D eigenvalue weighted by Crippen LogP contribution is -2.12. The van der Waals surface area contributed by atoms with Crippen molar-refractivity contribution in [2.24, 2.45) is 0 Å². The molecule has 2 heterocycles. The van der Waals surface area contributed by atoms with Gasteiger partial charge in [-0.05, 0) is 32.0 Å². The Labute approximate surface area is 124 Å². The number of nitrogens with zero attached hydrogens (tertiary/aromatic N) is 4. The van der Waals surface area contributed by atoms with Crippen LogP contribution < -0.4 is 10.1 Å². The van der Waals surface area contributed by atoms with Crippen LogP contribution in [-0.4, -0.2) is 32.7 Å². The van der Waals surface area contributed by atoms with E-state index < -0.39 is 0 Å². The van der Waals surface area contributed by atoms with Crippen LogP contribution >= 0.6 is 15.9 Å². The van der Waals surface area contributed by atoms with Gasteiger partial charge in [-0.25, -0.2) is 9.38 Å². The molecule has 2 aromatic heterocycles. The van der Waals surface area contributed by atoms with E-state index in [9.17, 15) is 0 Å². The van der Waals surface area contributed by atoms with E-state index in [2.05, 4.69) is 50.3 Å². The van der Waals surface area contributed by atoms with Gasteiger partial charge in [0.25, 0.3) is 0 Å². The number of hydrogen-bond donors (Lipinski definition) is 1. The number of ether oxygens (including phenoxy) is 1. The van der Waals surface area contributed by atoms with Crippen molar-refractivity contribution in [2.45, 2.75) is 19.9 Å². The Bertz CT molecular complexity index is 783. The second kappa shape index (κ2) is 4.90. The van der Waals surface area contributed by atoms with Crippen molar-refractivity contribution in [3.05, 3.63) is 22.7 Å². The summed E-state index contributed by atoms with van der Waals surface area (Å²) in [6, 6.07) is 6.57. The first-order chi connectivity index (χ1) is 9.60. The SMILES string of the molecule is COc1nnc2c(NC(C)C)nc3ccc(Br)cc3n12. The van der Waals surface area contributed by atoms with Crippen molar-refractivity contribution < 1.29 is 4.74 Å². The van der Waals surface area contributed by atoms with Gasteiger partial charge in [-0.15, -0.1) is 5.10 Å². The summed E-state index contributed by atoms with van der Waals surface area (Å²) in [7, 11) is 1.58. The molecule has 20 heavy (non-hydrogen) atoms. The first kappa shape index (κ1) is 13.1. The first-order valence-electron chi connectivity index (χ1n) is 6.25. The molecule has 3 aromatic rings. The topological polar surface area (TPSA) is 64.3 Å². The zero-order valence-corrected chi connectivity index (χ0v) is 13.0. The quantitative estimate of drug-likeness (QED) is 0.797. The highest BCUT2D eigenvalue weighted by Gasteiger charge is 2.16. The number of halogens is 1. The van der Waals surface area contributed by atoms with Gasteiger partial charge in [0.1, 0.15) is 0 Å². The Hall–Kier alpha value is -1.89. The van der Waals surface area contributed by atoms with E-state index in [0.29, 0.717) is 17.5 Å². The van der Waals surface area contributed by atoms with E-state index in [1.807, 2.05) is 22.6 Å². The molecule has 0 aliphatic heterocycles. The maximum Gasteiger partial charge on any atom is 0.321 e. The fraction of sp³-hybridized carbons (Fsp3) is 0.308. The van der Waals surface area contributed by atoms with Crippen LogP contribution in [0.4, 0.5) is 5.82 Å². The molecular formula is C13H14BrN5O. The van der Waals surface area contributed by atoms with Crippen molar-refractivity contribution in [1.82, 2.24) is 19.6 Å². The van der Waals surface area contributed by atoms with Gasteiger partial charge in [-0.2, -0.15) is 0 Å². The summed E-state index contributed by atoms with van der Waals surface area (Å²) in [6.45, 7) is 4.11. The van der Waals surface area contributed by atoms with Crippen LogP contribution in [0.1, 0.15) is 13.8 Å². The second-order valence-corrected chi connectivity index (χ2v) is 5.65. The molecule has 6 nitrogen and oxygen atoms in total.